The van der Waals surface area contributed by atoms with Crippen LogP contribution in [0.1, 0.15) is 66.7 Å². The minimum atomic E-state index is 0.863. The van der Waals surface area contributed by atoms with Gasteiger partial charge in [0.2, 0.25) is 0 Å². The van der Waals surface area contributed by atoms with Crippen LogP contribution in [0.4, 0.5) is 0 Å². The standard InChI is InChI=1S/C15H28/c1-6-14(4)10-8-12-15(5)11-7-9-13(2)3/h9-10,15H,6-8,11-12H2,1-5H3/b14-10+. The molecule has 0 radical (unpaired) electrons. The van der Waals surface area contributed by atoms with Gasteiger partial charge in [0.25, 0.3) is 0 Å². The van der Waals surface area contributed by atoms with E-state index in [1.807, 2.05) is 0 Å². The Morgan fingerprint density at radius 3 is 2.00 bits per heavy atom. The predicted molar refractivity (Wildman–Crippen MR) is 71.1 cm³/mol. The van der Waals surface area contributed by atoms with Crippen molar-refractivity contribution in [3.63, 3.8) is 0 Å². The average molecular weight is 208 g/mol. The van der Waals surface area contributed by atoms with Gasteiger partial charge in [-0.1, -0.05) is 37.1 Å². The Morgan fingerprint density at radius 1 is 1.00 bits per heavy atom. The Balaban J connectivity index is 3.58. The molecule has 0 fully saturated rings. The molecule has 0 aromatic carbocycles. The molecule has 0 heterocycles. The van der Waals surface area contributed by atoms with E-state index in [4.69, 9.17) is 0 Å². The van der Waals surface area contributed by atoms with Crippen molar-refractivity contribution in [1.29, 1.82) is 0 Å². The summed E-state index contributed by atoms with van der Waals surface area (Å²) in [4.78, 5) is 0. The Hall–Kier alpha value is -0.520. The van der Waals surface area contributed by atoms with E-state index in [1.165, 1.54) is 43.3 Å². The molecule has 0 aliphatic heterocycles. The fourth-order valence-corrected chi connectivity index (χ4v) is 1.56. The van der Waals surface area contributed by atoms with Crippen molar-refractivity contribution in [2.45, 2.75) is 66.7 Å². The van der Waals surface area contributed by atoms with Crippen LogP contribution < -0.4 is 0 Å². The van der Waals surface area contributed by atoms with Crippen molar-refractivity contribution in [3.05, 3.63) is 23.3 Å². The summed E-state index contributed by atoms with van der Waals surface area (Å²) in [6, 6.07) is 0. The van der Waals surface area contributed by atoms with Gasteiger partial charge in [0.05, 0.1) is 0 Å². The SMILES string of the molecule is CC/C(C)=C/CCC(C)CCC=C(C)C. The lowest BCUT2D eigenvalue weighted by Crippen LogP contribution is -1.93. The van der Waals surface area contributed by atoms with Crippen LogP contribution in [0.25, 0.3) is 0 Å². The molecule has 0 spiro atoms. The molecule has 0 saturated heterocycles. The zero-order valence-corrected chi connectivity index (χ0v) is 11.3. The van der Waals surface area contributed by atoms with Crippen LogP contribution >= 0.6 is 0 Å². The van der Waals surface area contributed by atoms with Gasteiger partial charge in [0, 0.05) is 0 Å². The maximum atomic E-state index is 2.40. The number of hydrogen-bond acceptors (Lipinski definition) is 0. The third-order valence-electron chi connectivity index (χ3n) is 2.92. The second kappa shape index (κ2) is 8.76. The summed E-state index contributed by atoms with van der Waals surface area (Å²) in [7, 11) is 0. The zero-order valence-electron chi connectivity index (χ0n) is 11.3. The molecule has 0 amide bonds. The maximum Gasteiger partial charge on any atom is -0.0346 e. The second-order valence-electron chi connectivity index (χ2n) is 4.95. The molecule has 0 N–H and O–H groups in total. The van der Waals surface area contributed by atoms with Gasteiger partial charge in [-0.25, -0.2) is 0 Å². The van der Waals surface area contributed by atoms with Crippen LogP contribution in [-0.2, 0) is 0 Å². The third-order valence-corrected chi connectivity index (χ3v) is 2.92. The molecule has 0 aliphatic carbocycles. The first-order valence-electron chi connectivity index (χ1n) is 6.35. The van der Waals surface area contributed by atoms with Crippen molar-refractivity contribution in [1.82, 2.24) is 0 Å². The first-order valence-corrected chi connectivity index (χ1v) is 6.35. The molecular weight excluding hydrogens is 180 g/mol. The molecule has 0 aromatic heterocycles. The zero-order chi connectivity index (χ0) is 11.7. The summed E-state index contributed by atoms with van der Waals surface area (Å²) in [6.07, 6.45) is 11.1. The van der Waals surface area contributed by atoms with Crippen LogP contribution in [0, 0.1) is 5.92 Å². The highest BCUT2D eigenvalue weighted by atomic mass is 14.0. The smallest absolute Gasteiger partial charge is 0.0346 e. The van der Waals surface area contributed by atoms with Gasteiger partial charge in [-0.15, -0.1) is 0 Å². The first kappa shape index (κ1) is 14.5. The average Bonchev–Trinajstić information content (AvgIpc) is 2.17. The van der Waals surface area contributed by atoms with Gasteiger partial charge in [-0.3, -0.25) is 0 Å². The molecule has 1 atom stereocenters. The molecule has 0 saturated carbocycles. The van der Waals surface area contributed by atoms with Crippen molar-refractivity contribution in [2.75, 3.05) is 0 Å². The van der Waals surface area contributed by atoms with Crippen molar-refractivity contribution >= 4 is 0 Å². The molecule has 0 aliphatic rings. The van der Waals surface area contributed by atoms with Gasteiger partial charge in [0.1, 0.15) is 0 Å². The third kappa shape index (κ3) is 9.78. The van der Waals surface area contributed by atoms with E-state index in [0.29, 0.717) is 0 Å². The van der Waals surface area contributed by atoms with E-state index in [1.54, 1.807) is 0 Å². The molecule has 1 unspecified atom stereocenters. The van der Waals surface area contributed by atoms with Crippen LogP contribution in [-0.4, -0.2) is 0 Å². The highest BCUT2D eigenvalue weighted by Crippen LogP contribution is 2.15. The molecule has 0 heteroatoms. The fraction of sp³-hybridized carbons (Fsp3) is 0.733. The summed E-state index contributed by atoms with van der Waals surface area (Å²) < 4.78 is 0. The van der Waals surface area contributed by atoms with Gasteiger partial charge in [-0.2, -0.15) is 0 Å². The van der Waals surface area contributed by atoms with E-state index in [9.17, 15) is 0 Å². The lowest BCUT2D eigenvalue weighted by atomic mass is 9.98. The highest BCUT2D eigenvalue weighted by Gasteiger charge is 1.99. The van der Waals surface area contributed by atoms with E-state index >= 15 is 0 Å². The summed E-state index contributed by atoms with van der Waals surface area (Å²) in [5.41, 5.74) is 2.98. The Morgan fingerprint density at radius 2 is 1.53 bits per heavy atom. The van der Waals surface area contributed by atoms with Crippen molar-refractivity contribution in [3.8, 4) is 0 Å². The number of allylic oxidation sites excluding steroid dienone is 4. The van der Waals surface area contributed by atoms with Crippen LogP contribution in [0.5, 0.6) is 0 Å². The minimum absolute atomic E-state index is 0.863. The summed E-state index contributed by atoms with van der Waals surface area (Å²) in [5, 5.41) is 0. The van der Waals surface area contributed by atoms with Crippen LogP contribution in [0.3, 0.4) is 0 Å². The molecule has 0 rings (SSSR count). The van der Waals surface area contributed by atoms with Crippen molar-refractivity contribution < 1.29 is 0 Å². The first-order chi connectivity index (χ1) is 7.06. The Bertz CT molecular complexity index is 204. The Kier molecular flexibility index (Phi) is 8.46. The predicted octanol–water partition coefficient (Wildman–Crippen LogP) is 5.51. The van der Waals surface area contributed by atoms with E-state index in [0.717, 1.165) is 5.92 Å². The van der Waals surface area contributed by atoms with Crippen molar-refractivity contribution in [2.24, 2.45) is 5.92 Å². The minimum Gasteiger partial charge on any atom is -0.0859 e. The summed E-state index contributed by atoms with van der Waals surface area (Å²) >= 11 is 0. The largest absolute Gasteiger partial charge is 0.0859 e. The highest BCUT2D eigenvalue weighted by molar-refractivity contribution is 4.96. The lowest BCUT2D eigenvalue weighted by molar-refractivity contribution is 0.500. The van der Waals surface area contributed by atoms with E-state index in [-0.39, 0.29) is 0 Å². The molecule has 0 nitrogen and oxygen atoms in total. The van der Waals surface area contributed by atoms with Crippen LogP contribution in [0.15, 0.2) is 23.3 Å². The van der Waals surface area contributed by atoms with E-state index < -0.39 is 0 Å². The number of rotatable bonds is 7. The van der Waals surface area contributed by atoms with Gasteiger partial charge in [-0.05, 0) is 58.8 Å². The summed E-state index contributed by atoms with van der Waals surface area (Å²) in [5.74, 6) is 0.863. The normalized spacial score (nSPS) is 13.8. The fourth-order valence-electron chi connectivity index (χ4n) is 1.56. The number of hydrogen-bond donors (Lipinski definition) is 0. The molecular formula is C15H28. The van der Waals surface area contributed by atoms with Crippen LogP contribution in [0.2, 0.25) is 0 Å². The maximum absolute atomic E-state index is 2.40. The monoisotopic (exact) mass is 208 g/mol. The molecule has 0 bridgehead atoms. The van der Waals surface area contributed by atoms with Gasteiger partial charge < -0.3 is 0 Å². The van der Waals surface area contributed by atoms with E-state index in [2.05, 4.69) is 46.8 Å². The molecule has 0 aromatic rings. The summed E-state index contributed by atoms with van der Waals surface area (Å²) in [6.45, 7) is 11.2. The second-order valence-corrected chi connectivity index (χ2v) is 4.95. The molecule has 88 valence electrons. The molecule has 15 heavy (non-hydrogen) atoms. The lowest BCUT2D eigenvalue weighted by Gasteiger charge is -2.08. The van der Waals surface area contributed by atoms with Gasteiger partial charge in [0.15, 0.2) is 0 Å². The quantitative estimate of drug-likeness (QED) is 0.484. The Labute approximate surface area is 96.5 Å². The van der Waals surface area contributed by atoms with Gasteiger partial charge >= 0.3 is 0 Å². The topological polar surface area (TPSA) is 0 Å².